The summed E-state index contributed by atoms with van der Waals surface area (Å²) in [6.45, 7) is 2.71. The number of thiophene rings is 1. The molecule has 1 fully saturated rings. The van der Waals surface area contributed by atoms with Crippen molar-refractivity contribution in [2.45, 2.75) is 19.8 Å². The topological polar surface area (TPSA) is 78.5 Å². The van der Waals surface area contributed by atoms with Gasteiger partial charge in [-0.05, 0) is 48.9 Å². The molecular weight excluding hydrogens is 398 g/mol. The van der Waals surface area contributed by atoms with E-state index < -0.39 is 0 Å². The molecule has 2 aromatic rings. The van der Waals surface area contributed by atoms with E-state index in [1.165, 1.54) is 11.3 Å². The molecular formula is C20H22ClN3O3S. The number of benzene rings is 1. The Hall–Kier alpha value is -2.38. The predicted octanol–water partition coefficient (Wildman–Crippen LogP) is 3.32. The molecule has 1 saturated heterocycles. The van der Waals surface area contributed by atoms with Crippen LogP contribution in [-0.2, 0) is 9.59 Å². The molecule has 1 atom stereocenters. The van der Waals surface area contributed by atoms with Crippen LogP contribution in [0.3, 0.4) is 0 Å². The third kappa shape index (κ3) is 4.91. The molecule has 6 nitrogen and oxygen atoms in total. The summed E-state index contributed by atoms with van der Waals surface area (Å²) >= 11 is 7.45. The van der Waals surface area contributed by atoms with Crippen LogP contribution in [0.2, 0.25) is 5.02 Å². The largest absolute Gasteiger partial charge is 0.347 e. The second kappa shape index (κ2) is 9.21. The molecule has 0 aliphatic carbocycles. The zero-order valence-corrected chi connectivity index (χ0v) is 17.1. The number of likely N-dealkylation sites (tertiary alicyclic amines) is 1. The minimum atomic E-state index is -0.318. The Bertz CT molecular complexity index is 870. The van der Waals surface area contributed by atoms with Crippen molar-refractivity contribution in [2.75, 3.05) is 25.0 Å². The summed E-state index contributed by atoms with van der Waals surface area (Å²) < 4.78 is 0. The molecule has 1 aromatic heterocycles. The van der Waals surface area contributed by atoms with E-state index in [2.05, 4.69) is 10.6 Å². The van der Waals surface area contributed by atoms with Gasteiger partial charge in [-0.2, -0.15) is 0 Å². The van der Waals surface area contributed by atoms with E-state index in [1.54, 1.807) is 29.2 Å². The molecule has 0 saturated carbocycles. The highest BCUT2D eigenvalue weighted by atomic mass is 35.5. The molecule has 8 heteroatoms. The van der Waals surface area contributed by atoms with Gasteiger partial charge in [-0.15, -0.1) is 11.3 Å². The minimum absolute atomic E-state index is 0.0401. The maximum absolute atomic E-state index is 12.5. The Morgan fingerprint density at radius 1 is 1.25 bits per heavy atom. The first kappa shape index (κ1) is 20.4. The lowest BCUT2D eigenvalue weighted by Crippen LogP contribution is -2.46. The second-order valence-corrected chi connectivity index (χ2v) is 8.10. The molecule has 28 heavy (non-hydrogen) atoms. The Morgan fingerprint density at radius 3 is 2.82 bits per heavy atom. The van der Waals surface area contributed by atoms with Gasteiger partial charge < -0.3 is 15.5 Å². The third-order valence-corrected chi connectivity index (χ3v) is 6.04. The number of hydrogen-bond donors (Lipinski definition) is 2. The normalized spacial score (nSPS) is 16.5. The Labute approximate surface area is 172 Å². The van der Waals surface area contributed by atoms with Gasteiger partial charge in [0.2, 0.25) is 11.8 Å². The van der Waals surface area contributed by atoms with E-state index in [0.717, 1.165) is 12.0 Å². The SMILES string of the molecule is Cc1c(Cl)cccc1NC(=O)CNC(=O)[C@H]1CCCN(C(=O)c2cccs2)C1. The highest BCUT2D eigenvalue weighted by Gasteiger charge is 2.29. The summed E-state index contributed by atoms with van der Waals surface area (Å²) in [5.41, 5.74) is 1.40. The molecule has 3 amide bonds. The molecule has 3 rings (SSSR count). The van der Waals surface area contributed by atoms with E-state index in [-0.39, 0.29) is 30.2 Å². The molecule has 148 valence electrons. The Morgan fingerprint density at radius 2 is 2.07 bits per heavy atom. The van der Waals surface area contributed by atoms with Crippen LogP contribution >= 0.6 is 22.9 Å². The minimum Gasteiger partial charge on any atom is -0.347 e. The van der Waals surface area contributed by atoms with Crippen LogP contribution in [0.1, 0.15) is 28.1 Å². The van der Waals surface area contributed by atoms with Gasteiger partial charge in [-0.3, -0.25) is 14.4 Å². The molecule has 1 aromatic carbocycles. The van der Waals surface area contributed by atoms with E-state index in [0.29, 0.717) is 35.1 Å². The van der Waals surface area contributed by atoms with E-state index >= 15 is 0 Å². The lowest BCUT2D eigenvalue weighted by Gasteiger charge is -2.31. The van der Waals surface area contributed by atoms with Crippen molar-refractivity contribution in [3.8, 4) is 0 Å². The molecule has 2 heterocycles. The zero-order chi connectivity index (χ0) is 20.1. The number of carbonyl (C=O) groups is 3. The van der Waals surface area contributed by atoms with Gasteiger partial charge in [0.1, 0.15) is 0 Å². The number of halogens is 1. The Balaban J connectivity index is 1.50. The van der Waals surface area contributed by atoms with Gasteiger partial charge in [0.05, 0.1) is 17.3 Å². The molecule has 0 bridgehead atoms. The predicted molar refractivity (Wildman–Crippen MR) is 111 cm³/mol. The van der Waals surface area contributed by atoms with Gasteiger partial charge >= 0.3 is 0 Å². The molecule has 2 N–H and O–H groups in total. The van der Waals surface area contributed by atoms with Crippen LogP contribution in [0.15, 0.2) is 35.7 Å². The van der Waals surface area contributed by atoms with E-state index in [1.807, 2.05) is 18.4 Å². The fourth-order valence-electron chi connectivity index (χ4n) is 3.18. The van der Waals surface area contributed by atoms with Crippen molar-refractivity contribution in [2.24, 2.45) is 5.92 Å². The average molecular weight is 420 g/mol. The van der Waals surface area contributed by atoms with Gasteiger partial charge in [0.15, 0.2) is 0 Å². The first-order valence-electron chi connectivity index (χ1n) is 9.11. The second-order valence-electron chi connectivity index (χ2n) is 6.75. The van der Waals surface area contributed by atoms with Crippen LogP contribution in [-0.4, -0.2) is 42.3 Å². The van der Waals surface area contributed by atoms with Crippen LogP contribution in [0.25, 0.3) is 0 Å². The lowest BCUT2D eigenvalue weighted by atomic mass is 9.97. The molecule has 0 radical (unpaired) electrons. The zero-order valence-electron chi connectivity index (χ0n) is 15.5. The first-order valence-corrected chi connectivity index (χ1v) is 10.4. The van der Waals surface area contributed by atoms with Crippen molar-refractivity contribution in [3.63, 3.8) is 0 Å². The van der Waals surface area contributed by atoms with Crippen LogP contribution in [0.5, 0.6) is 0 Å². The fraction of sp³-hybridized carbons (Fsp3) is 0.350. The molecule has 0 spiro atoms. The number of rotatable bonds is 5. The summed E-state index contributed by atoms with van der Waals surface area (Å²) in [7, 11) is 0. The van der Waals surface area contributed by atoms with Crippen molar-refractivity contribution in [1.82, 2.24) is 10.2 Å². The Kier molecular flexibility index (Phi) is 6.70. The number of carbonyl (C=O) groups excluding carboxylic acids is 3. The number of piperidine rings is 1. The van der Waals surface area contributed by atoms with Gasteiger partial charge in [0.25, 0.3) is 5.91 Å². The number of amides is 3. The van der Waals surface area contributed by atoms with Crippen molar-refractivity contribution in [3.05, 3.63) is 51.2 Å². The molecule has 1 aliphatic heterocycles. The van der Waals surface area contributed by atoms with Gasteiger partial charge in [-0.25, -0.2) is 0 Å². The number of nitrogens with zero attached hydrogens (tertiary/aromatic N) is 1. The van der Waals surface area contributed by atoms with Crippen LogP contribution in [0.4, 0.5) is 5.69 Å². The van der Waals surface area contributed by atoms with E-state index in [9.17, 15) is 14.4 Å². The summed E-state index contributed by atoms with van der Waals surface area (Å²) in [4.78, 5) is 39.5. The first-order chi connectivity index (χ1) is 13.5. The lowest BCUT2D eigenvalue weighted by molar-refractivity contribution is -0.128. The summed E-state index contributed by atoms with van der Waals surface area (Å²) in [6, 6.07) is 8.90. The van der Waals surface area contributed by atoms with Gasteiger partial charge in [0, 0.05) is 23.8 Å². The smallest absolute Gasteiger partial charge is 0.263 e. The van der Waals surface area contributed by atoms with Crippen molar-refractivity contribution in [1.29, 1.82) is 0 Å². The maximum Gasteiger partial charge on any atom is 0.263 e. The number of hydrogen-bond acceptors (Lipinski definition) is 4. The molecule has 0 unspecified atom stereocenters. The third-order valence-electron chi connectivity index (χ3n) is 4.78. The van der Waals surface area contributed by atoms with E-state index in [4.69, 9.17) is 11.6 Å². The quantitative estimate of drug-likeness (QED) is 0.780. The van der Waals surface area contributed by atoms with Crippen molar-refractivity contribution < 1.29 is 14.4 Å². The summed E-state index contributed by atoms with van der Waals surface area (Å²) in [5, 5.41) is 7.87. The monoisotopic (exact) mass is 419 g/mol. The average Bonchev–Trinajstić information content (AvgIpc) is 3.24. The maximum atomic E-state index is 12.5. The summed E-state index contributed by atoms with van der Waals surface area (Å²) in [6.07, 6.45) is 1.47. The fourth-order valence-corrected chi connectivity index (χ4v) is 4.05. The highest BCUT2D eigenvalue weighted by molar-refractivity contribution is 7.12. The van der Waals surface area contributed by atoms with Crippen LogP contribution < -0.4 is 10.6 Å². The molecule has 1 aliphatic rings. The van der Waals surface area contributed by atoms with Crippen LogP contribution in [0, 0.1) is 12.8 Å². The number of anilines is 1. The van der Waals surface area contributed by atoms with Gasteiger partial charge in [-0.1, -0.05) is 23.7 Å². The number of nitrogens with one attached hydrogen (secondary N) is 2. The standard InChI is InChI=1S/C20H22ClN3O3S/c1-13-15(21)6-2-7-16(13)23-18(25)11-22-19(26)14-5-3-9-24(12-14)20(27)17-8-4-10-28-17/h2,4,6-8,10,14H,3,5,9,11-12H2,1H3,(H,22,26)(H,23,25)/t14-/m0/s1. The summed E-state index contributed by atoms with van der Waals surface area (Å²) in [5.74, 6) is -0.872. The van der Waals surface area contributed by atoms with Crippen molar-refractivity contribution >= 4 is 46.3 Å². The highest BCUT2D eigenvalue weighted by Crippen LogP contribution is 2.23.